The van der Waals surface area contributed by atoms with Crippen LogP contribution in [0.25, 0.3) is 0 Å². The molecule has 0 amide bonds. The minimum atomic E-state index is -3.74. The zero-order valence-electron chi connectivity index (χ0n) is 9.55. The van der Waals surface area contributed by atoms with E-state index in [-0.39, 0.29) is 14.8 Å². The molecule has 0 bridgehead atoms. The number of hydrogen-bond acceptors (Lipinski definition) is 6. The molecule has 0 atom stereocenters. The van der Waals surface area contributed by atoms with E-state index in [1.165, 1.54) is 25.3 Å². The van der Waals surface area contributed by atoms with Gasteiger partial charge in [0.2, 0.25) is 0 Å². The molecule has 2 rings (SSSR count). The first-order valence-electron chi connectivity index (χ1n) is 4.88. The number of sulfonamides is 1. The summed E-state index contributed by atoms with van der Waals surface area (Å²) in [6.07, 6.45) is 0. The number of esters is 1. The Labute approximate surface area is 122 Å². The van der Waals surface area contributed by atoms with Gasteiger partial charge in [-0.2, -0.15) is 0 Å². The summed E-state index contributed by atoms with van der Waals surface area (Å²) in [5.41, 5.74) is 0.196. The molecule has 0 saturated carbocycles. The highest BCUT2D eigenvalue weighted by atomic mass is 35.5. The zero-order valence-corrected chi connectivity index (χ0v) is 12.8. The second kappa shape index (κ2) is 5.49. The summed E-state index contributed by atoms with van der Waals surface area (Å²) in [6.45, 7) is 0. The van der Waals surface area contributed by atoms with Crippen LogP contribution in [-0.4, -0.2) is 21.5 Å². The van der Waals surface area contributed by atoms with Crippen molar-refractivity contribution in [3.05, 3.63) is 32.8 Å². The third-order valence-electron chi connectivity index (χ3n) is 2.09. The molecule has 0 fully saturated rings. The molecular formula is C10H8ClNO4S3. The second-order valence-corrected chi connectivity index (χ2v) is 7.86. The molecule has 2 heterocycles. The molecule has 0 aromatic carbocycles. The molecular weight excluding hydrogens is 330 g/mol. The maximum Gasteiger partial charge on any atom is 0.350 e. The third kappa shape index (κ3) is 3.08. The Hall–Kier alpha value is -1.09. The van der Waals surface area contributed by atoms with Gasteiger partial charge in [-0.15, -0.1) is 22.7 Å². The number of carbonyl (C=O) groups excluding carboxylic acids is 1. The molecule has 0 spiro atoms. The molecule has 0 aliphatic carbocycles. The first-order valence-corrected chi connectivity index (χ1v) is 8.44. The number of rotatable bonds is 4. The van der Waals surface area contributed by atoms with Crippen molar-refractivity contribution >= 4 is 56.0 Å². The topological polar surface area (TPSA) is 72.5 Å². The predicted octanol–water partition coefficient (Wildman–Crippen LogP) is 3.05. The number of thiophene rings is 2. The average molecular weight is 338 g/mol. The van der Waals surface area contributed by atoms with Gasteiger partial charge in [-0.25, -0.2) is 13.2 Å². The van der Waals surface area contributed by atoms with E-state index in [0.29, 0.717) is 4.34 Å². The lowest BCUT2D eigenvalue weighted by atomic mass is 10.4. The van der Waals surface area contributed by atoms with Crippen LogP contribution >= 0.6 is 34.3 Å². The van der Waals surface area contributed by atoms with E-state index in [4.69, 9.17) is 11.6 Å². The van der Waals surface area contributed by atoms with Gasteiger partial charge in [0.25, 0.3) is 10.0 Å². The molecule has 5 nitrogen and oxygen atoms in total. The van der Waals surface area contributed by atoms with Crippen LogP contribution in [0.4, 0.5) is 5.69 Å². The Bertz CT molecular complexity index is 704. The van der Waals surface area contributed by atoms with Crippen LogP contribution < -0.4 is 4.72 Å². The van der Waals surface area contributed by atoms with Crippen LogP contribution in [0.1, 0.15) is 9.67 Å². The van der Waals surface area contributed by atoms with Crippen molar-refractivity contribution in [3.63, 3.8) is 0 Å². The van der Waals surface area contributed by atoms with Crippen LogP contribution in [0, 0.1) is 0 Å². The molecule has 0 aliphatic rings. The summed E-state index contributed by atoms with van der Waals surface area (Å²) < 4.78 is 31.5. The fraction of sp³-hybridized carbons (Fsp3) is 0.100. The molecule has 0 saturated heterocycles. The molecule has 9 heteroatoms. The number of hydrogen-bond donors (Lipinski definition) is 1. The second-order valence-electron chi connectivity index (χ2n) is 3.32. The van der Waals surface area contributed by atoms with Crippen LogP contribution in [0.5, 0.6) is 0 Å². The molecule has 0 radical (unpaired) electrons. The number of anilines is 1. The van der Waals surface area contributed by atoms with Crippen molar-refractivity contribution in [1.82, 2.24) is 0 Å². The first-order chi connectivity index (χ1) is 8.94. The van der Waals surface area contributed by atoms with Crippen LogP contribution in [0.15, 0.2) is 27.8 Å². The highest BCUT2D eigenvalue weighted by molar-refractivity contribution is 7.94. The van der Waals surface area contributed by atoms with Crippen molar-refractivity contribution < 1.29 is 17.9 Å². The summed E-state index contributed by atoms with van der Waals surface area (Å²) in [5, 5.41) is 1.60. The molecule has 1 N–H and O–H groups in total. The van der Waals surface area contributed by atoms with E-state index in [1.54, 1.807) is 5.38 Å². The normalized spacial score (nSPS) is 11.3. The van der Waals surface area contributed by atoms with Gasteiger partial charge in [-0.1, -0.05) is 11.6 Å². The van der Waals surface area contributed by atoms with E-state index >= 15 is 0 Å². The van der Waals surface area contributed by atoms with Crippen LogP contribution in [0.3, 0.4) is 0 Å². The van der Waals surface area contributed by atoms with E-state index in [2.05, 4.69) is 9.46 Å². The third-order valence-corrected chi connectivity index (χ3v) is 6.08. The Morgan fingerprint density at radius 1 is 1.37 bits per heavy atom. The highest BCUT2D eigenvalue weighted by Gasteiger charge is 2.21. The van der Waals surface area contributed by atoms with Gasteiger partial charge >= 0.3 is 5.97 Å². The lowest BCUT2D eigenvalue weighted by Crippen LogP contribution is -2.13. The number of halogens is 1. The lowest BCUT2D eigenvalue weighted by Gasteiger charge is -2.06. The molecule has 2 aromatic rings. The number of ether oxygens (including phenoxy) is 1. The molecule has 0 aliphatic heterocycles. The Balaban J connectivity index is 2.31. The standard InChI is InChI=1S/C10H8ClNO4S3/c1-16-10(13)9-6(4-5-17-9)12-19(14,15)8-3-2-7(11)18-8/h2-5,12H,1H3. The predicted molar refractivity (Wildman–Crippen MR) is 75.8 cm³/mol. The SMILES string of the molecule is COC(=O)c1sccc1NS(=O)(=O)c1ccc(Cl)s1. The molecule has 2 aromatic heterocycles. The zero-order chi connectivity index (χ0) is 14.0. The van der Waals surface area contributed by atoms with Gasteiger partial charge in [0.05, 0.1) is 17.1 Å². The van der Waals surface area contributed by atoms with Crippen molar-refractivity contribution in [2.45, 2.75) is 4.21 Å². The number of nitrogens with one attached hydrogen (secondary N) is 1. The smallest absolute Gasteiger partial charge is 0.350 e. The minimum absolute atomic E-state index is 0.0829. The van der Waals surface area contributed by atoms with Gasteiger partial charge < -0.3 is 4.74 Å². The Morgan fingerprint density at radius 2 is 2.11 bits per heavy atom. The molecule has 0 unspecified atom stereocenters. The summed E-state index contributed by atoms with van der Waals surface area (Å²) in [6, 6.07) is 4.40. The van der Waals surface area contributed by atoms with Gasteiger partial charge in [0, 0.05) is 0 Å². The average Bonchev–Trinajstić information content (AvgIpc) is 2.97. The minimum Gasteiger partial charge on any atom is -0.465 e. The highest BCUT2D eigenvalue weighted by Crippen LogP contribution is 2.30. The Kier molecular flexibility index (Phi) is 4.14. The Morgan fingerprint density at radius 3 is 2.68 bits per heavy atom. The molecule has 19 heavy (non-hydrogen) atoms. The lowest BCUT2D eigenvalue weighted by molar-refractivity contribution is 0.0607. The fourth-order valence-corrected chi connectivity index (χ4v) is 4.66. The summed E-state index contributed by atoms with van der Waals surface area (Å²) in [5.74, 6) is -0.586. The van der Waals surface area contributed by atoms with E-state index in [1.807, 2.05) is 0 Å². The van der Waals surface area contributed by atoms with Gasteiger partial charge in [0.1, 0.15) is 9.09 Å². The van der Waals surface area contributed by atoms with Crippen molar-refractivity contribution in [2.75, 3.05) is 11.8 Å². The van der Waals surface area contributed by atoms with E-state index < -0.39 is 16.0 Å². The fourth-order valence-electron chi connectivity index (χ4n) is 1.28. The summed E-state index contributed by atoms with van der Waals surface area (Å²) in [7, 11) is -2.51. The van der Waals surface area contributed by atoms with Crippen molar-refractivity contribution in [2.24, 2.45) is 0 Å². The quantitative estimate of drug-likeness (QED) is 0.870. The van der Waals surface area contributed by atoms with Crippen molar-refractivity contribution in [1.29, 1.82) is 0 Å². The van der Waals surface area contributed by atoms with E-state index in [9.17, 15) is 13.2 Å². The molecule has 102 valence electrons. The monoisotopic (exact) mass is 337 g/mol. The van der Waals surface area contributed by atoms with Gasteiger partial charge in [0.15, 0.2) is 0 Å². The largest absolute Gasteiger partial charge is 0.465 e. The van der Waals surface area contributed by atoms with Crippen LogP contribution in [-0.2, 0) is 14.8 Å². The maximum atomic E-state index is 12.1. The number of carbonyl (C=O) groups is 1. The van der Waals surface area contributed by atoms with Crippen molar-refractivity contribution in [3.8, 4) is 0 Å². The summed E-state index contributed by atoms with van der Waals surface area (Å²) >= 11 is 7.74. The van der Waals surface area contributed by atoms with Gasteiger partial charge in [-0.05, 0) is 23.6 Å². The summed E-state index contributed by atoms with van der Waals surface area (Å²) in [4.78, 5) is 11.7. The van der Waals surface area contributed by atoms with E-state index in [0.717, 1.165) is 22.7 Å². The van der Waals surface area contributed by atoms with Crippen LogP contribution in [0.2, 0.25) is 4.34 Å². The number of methoxy groups -OCH3 is 1. The first kappa shape index (κ1) is 14.3. The van der Waals surface area contributed by atoms with Gasteiger partial charge in [-0.3, -0.25) is 4.72 Å². The maximum absolute atomic E-state index is 12.1.